The summed E-state index contributed by atoms with van der Waals surface area (Å²) in [6.07, 6.45) is 1.79. The smallest absolute Gasteiger partial charge is 0.270 e. The van der Waals surface area contributed by atoms with E-state index in [0.29, 0.717) is 27.1 Å². The predicted molar refractivity (Wildman–Crippen MR) is 104 cm³/mol. The molecule has 1 aliphatic rings. The lowest BCUT2D eigenvalue weighted by Crippen LogP contribution is -2.27. The molecule has 1 fully saturated rings. The van der Waals surface area contributed by atoms with Crippen molar-refractivity contribution in [3.63, 3.8) is 0 Å². The number of ether oxygens (including phenoxy) is 1. The molecule has 3 rings (SSSR count). The molecule has 1 saturated heterocycles. The molecule has 6 heteroatoms. The number of anilines is 1. The maximum atomic E-state index is 12.7. The molecule has 0 atom stereocenters. The molecule has 1 aliphatic heterocycles. The van der Waals surface area contributed by atoms with E-state index < -0.39 is 0 Å². The Morgan fingerprint density at radius 1 is 1.20 bits per heavy atom. The SMILES string of the molecule is CCOc1ccc(N2C(=O)/C(=C/c3ccc(C#N)cc3)SC2=S)cc1. The second-order valence-electron chi connectivity index (χ2n) is 5.18. The number of nitrogens with zero attached hydrogens (tertiary/aromatic N) is 2. The molecular formula is C19H14N2O2S2. The number of benzene rings is 2. The van der Waals surface area contributed by atoms with E-state index in [0.717, 1.165) is 11.3 Å². The molecule has 0 bridgehead atoms. The number of amides is 1. The van der Waals surface area contributed by atoms with Crippen molar-refractivity contribution in [2.45, 2.75) is 6.92 Å². The van der Waals surface area contributed by atoms with Crippen molar-refractivity contribution >= 4 is 46.0 Å². The van der Waals surface area contributed by atoms with Crippen molar-refractivity contribution in [1.82, 2.24) is 0 Å². The normalized spacial score (nSPS) is 15.5. The van der Waals surface area contributed by atoms with Crippen molar-refractivity contribution < 1.29 is 9.53 Å². The van der Waals surface area contributed by atoms with E-state index in [9.17, 15) is 4.79 Å². The molecule has 0 aromatic heterocycles. The highest BCUT2D eigenvalue weighted by atomic mass is 32.2. The van der Waals surface area contributed by atoms with Gasteiger partial charge in [0.15, 0.2) is 4.32 Å². The number of carbonyl (C=O) groups excluding carboxylic acids is 1. The largest absolute Gasteiger partial charge is 0.494 e. The third-order valence-electron chi connectivity index (χ3n) is 3.54. The lowest BCUT2D eigenvalue weighted by atomic mass is 10.1. The van der Waals surface area contributed by atoms with Crippen LogP contribution in [0.5, 0.6) is 5.75 Å². The van der Waals surface area contributed by atoms with Gasteiger partial charge in [0.25, 0.3) is 5.91 Å². The van der Waals surface area contributed by atoms with Crippen molar-refractivity contribution in [2.75, 3.05) is 11.5 Å². The summed E-state index contributed by atoms with van der Waals surface area (Å²) in [6.45, 7) is 2.51. The number of thioether (sulfide) groups is 1. The third-order valence-corrected chi connectivity index (χ3v) is 4.84. The average molecular weight is 366 g/mol. The Hall–Kier alpha value is -2.62. The summed E-state index contributed by atoms with van der Waals surface area (Å²) in [5, 5.41) is 8.85. The van der Waals surface area contributed by atoms with Crippen LogP contribution in [0.4, 0.5) is 5.69 Å². The van der Waals surface area contributed by atoms with E-state index in [2.05, 4.69) is 6.07 Å². The lowest BCUT2D eigenvalue weighted by Gasteiger charge is -2.15. The molecule has 2 aromatic carbocycles. The number of thiocarbonyl (C=S) groups is 1. The van der Waals surface area contributed by atoms with Crippen molar-refractivity contribution in [3.8, 4) is 11.8 Å². The van der Waals surface area contributed by atoms with Crippen LogP contribution in [-0.2, 0) is 4.79 Å². The highest BCUT2D eigenvalue weighted by Gasteiger charge is 2.33. The summed E-state index contributed by atoms with van der Waals surface area (Å²) in [5.41, 5.74) is 2.15. The van der Waals surface area contributed by atoms with E-state index in [4.69, 9.17) is 22.2 Å². The molecule has 124 valence electrons. The fourth-order valence-corrected chi connectivity index (χ4v) is 3.65. The van der Waals surface area contributed by atoms with Crippen molar-refractivity contribution in [1.29, 1.82) is 5.26 Å². The van der Waals surface area contributed by atoms with Crippen LogP contribution >= 0.6 is 24.0 Å². The third kappa shape index (κ3) is 3.73. The summed E-state index contributed by atoms with van der Waals surface area (Å²) in [7, 11) is 0. The summed E-state index contributed by atoms with van der Waals surface area (Å²) in [5.74, 6) is 0.605. The molecule has 4 nitrogen and oxygen atoms in total. The van der Waals surface area contributed by atoms with E-state index in [1.807, 2.05) is 43.3 Å². The molecule has 1 amide bonds. The van der Waals surface area contributed by atoms with Gasteiger partial charge in [0, 0.05) is 0 Å². The van der Waals surface area contributed by atoms with Crippen LogP contribution in [0.2, 0.25) is 0 Å². The van der Waals surface area contributed by atoms with Crippen LogP contribution in [0.25, 0.3) is 6.08 Å². The minimum atomic E-state index is -0.150. The van der Waals surface area contributed by atoms with Crippen LogP contribution in [0, 0.1) is 11.3 Å². The van der Waals surface area contributed by atoms with Gasteiger partial charge in [0.1, 0.15) is 5.75 Å². The number of rotatable bonds is 4. The summed E-state index contributed by atoms with van der Waals surface area (Å²) in [6, 6.07) is 16.4. The lowest BCUT2D eigenvalue weighted by molar-refractivity contribution is -0.113. The predicted octanol–water partition coefficient (Wildman–Crippen LogP) is 4.36. The van der Waals surface area contributed by atoms with Crippen molar-refractivity contribution in [2.24, 2.45) is 0 Å². The minimum absolute atomic E-state index is 0.150. The molecule has 0 unspecified atom stereocenters. The van der Waals surface area contributed by atoms with Crippen molar-refractivity contribution in [3.05, 3.63) is 64.6 Å². The Bertz CT molecular complexity index is 881. The molecule has 0 spiro atoms. The van der Waals surface area contributed by atoms with Crippen LogP contribution in [0.15, 0.2) is 53.4 Å². The first kappa shape index (κ1) is 17.2. The highest BCUT2D eigenvalue weighted by Crippen LogP contribution is 2.36. The average Bonchev–Trinajstić information content (AvgIpc) is 2.90. The zero-order valence-electron chi connectivity index (χ0n) is 13.4. The molecule has 0 N–H and O–H groups in total. The van der Waals surface area contributed by atoms with Crippen LogP contribution in [0.1, 0.15) is 18.1 Å². The van der Waals surface area contributed by atoms with Crippen LogP contribution in [-0.4, -0.2) is 16.8 Å². The summed E-state index contributed by atoms with van der Waals surface area (Å²) < 4.78 is 5.91. The Labute approximate surface area is 155 Å². The number of nitriles is 1. The quantitative estimate of drug-likeness (QED) is 0.594. The number of hydrogen-bond acceptors (Lipinski definition) is 5. The van der Waals surface area contributed by atoms with Gasteiger partial charge in [-0.05, 0) is 55.0 Å². The zero-order valence-corrected chi connectivity index (χ0v) is 15.1. The molecule has 0 radical (unpaired) electrons. The van der Waals surface area contributed by atoms with E-state index >= 15 is 0 Å². The fourth-order valence-electron chi connectivity index (χ4n) is 2.35. The van der Waals surface area contributed by atoms with E-state index in [1.165, 1.54) is 16.7 Å². The topological polar surface area (TPSA) is 53.3 Å². The Morgan fingerprint density at radius 3 is 2.48 bits per heavy atom. The Balaban J connectivity index is 1.84. The molecule has 25 heavy (non-hydrogen) atoms. The monoisotopic (exact) mass is 366 g/mol. The summed E-state index contributed by atoms with van der Waals surface area (Å²) >= 11 is 6.64. The molecular weight excluding hydrogens is 352 g/mol. The van der Waals surface area contributed by atoms with Gasteiger partial charge in [-0.2, -0.15) is 5.26 Å². The molecule has 0 aliphatic carbocycles. The summed E-state index contributed by atoms with van der Waals surface area (Å²) in [4.78, 5) is 14.8. The first-order valence-corrected chi connectivity index (χ1v) is 8.86. The first-order valence-electron chi connectivity index (χ1n) is 7.63. The minimum Gasteiger partial charge on any atom is -0.494 e. The fraction of sp³-hybridized carbons (Fsp3) is 0.105. The van der Waals surface area contributed by atoms with Gasteiger partial charge in [0.2, 0.25) is 0 Å². The molecule has 0 saturated carbocycles. The van der Waals surface area contributed by atoms with Gasteiger partial charge in [-0.3, -0.25) is 9.69 Å². The number of carbonyl (C=O) groups is 1. The second-order valence-corrected chi connectivity index (χ2v) is 6.85. The van der Waals surface area contributed by atoms with Crippen LogP contribution < -0.4 is 9.64 Å². The second kappa shape index (κ2) is 7.51. The number of hydrogen-bond donors (Lipinski definition) is 0. The maximum Gasteiger partial charge on any atom is 0.270 e. The zero-order chi connectivity index (χ0) is 17.8. The van der Waals surface area contributed by atoms with Gasteiger partial charge in [0.05, 0.1) is 28.8 Å². The van der Waals surface area contributed by atoms with Crippen LogP contribution in [0.3, 0.4) is 0 Å². The van der Waals surface area contributed by atoms with Gasteiger partial charge in [-0.1, -0.05) is 36.1 Å². The van der Waals surface area contributed by atoms with Gasteiger partial charge >= 0.3 is 0 Å². The highest BCUT2D eigenvalue weighted by molar-refractivity contribution is 8.27. The van der Waals surface area contributed by atoms with Gasteiger partial charge in [-0.25, -0.2) is 0 Å². The Morgan fingerprint density at radius 2 is 1.88 bits per heavy atom. The standard InChI is InChI=1S/C19H14N2O2S2/c1-2-23-16-9-7-15(8-10-16)21-18(22)17(25-19(21)24)11-13-3-5-14(12-20)6-4-13/h3-11H,2H2,1H3/b17-11-. The first-order chi connectivity index (χ1) is 12.1. The maximum absolute atomic E-state index is 12.7. The molecule has 1 heterocycles. The van der Waals surface area contributed by atoms with Gasteiger partial charge in [-0.15, -0.1) is 0 Å². The van der Waals surface area contributed by atoms with Gasteiger partial charge < -0.3 is 4.74 Å². The molecule has 2 aromatic rings. The van der Waals surface area contributed by atoms with E-state index in [-0.39, 0.29) is 5.91 Å². The van der Waals surface area contributed by atoms with E-state index in [1.54, 1.807) is 18.2 Å². The Kier molecular flexibility index (Phi) is 5.17.